The fraction of sp³-hybridized carbons (Fsp3) is 0.529. The second-order valence-electron chi connectivity index (χ2n) is 6.44. The summed E-state index contributed by atoms with van der Waals surface area (Å²) in [5, 5.41) is 8.44. The summed E-state index contributed by atoms with van der Waals surface area (Å²) >= 11 is 0. The summed E-state index contributed by atoms with van der Waals surface area (Å²) in [5.41, 5.74) is 1.10. The highest BCUT2D eigenvalue weighted by Crippen LogP contribution is 2.38. The van der Waals surface area contributed by atoms with Crippen molar-refractivity contribution in [2.24, 2.45) is 5.92 Å². The molecule has 0 spiro atoms. The molecule has 3 heterocycles. The molecule has 23 heavy (non-hydrogen) atoms. The summed E-state index contributed by atoms with van der Waals surface area (Å²) in [7, 11) is 0. The van der Waals surface area contributed by atoms with E-state index in [1.54, 1.807) is 0 Å². The van der Waals surface area contributed by atoms with E-state index in [0.717, 1.165) is 36.8 Å². The van der Waals surface area contributed by atoms with Crippen molar-refractivity contribution in [3.05, 3.63) is 35.9 Å². The van der Waals surface area contributed by atoms with Crippen LogP contribution in [-0.4, -0.2) is 39.9 Å². The Morgan fingerprint density at radius 3 is 2.83 bits per heavy atom. The minimum absolute atomic E-state index is 0.496. The van der Waals surface area contributed by atoms with Gasteiger partial charge in [-0.15, -0.1) is 5.10 Å². The fourth-order valence-electron chi connectivity index (χ4n) is 3.00. The average Bonchev–Trinajstić information content (AvgIpc) is 3.31. The van der Waals surface area contributed by atoms with E-state index in [-0.39, 0.29) is 0 Å². The van der Waals surface area contributed by atoms with Crippen molar-refractivity contribution in [1.82, 2.24) is 20.2 Å². The number of hydrogen-bond donors (Lipinski definition) is 0. The molecule has 1 atom stereocenters. The van der Waals surface area contributed by atoms with Crippen LogP contribution in [0.15, 0.2) is 24.4 Å². The van der Waals surface area contributed by atoms with Gasteiger partial charge in [-0.3, -0.25) is 0 Å². The highest BCUT2D eigenvalue weighted by Gasteiger charge is 2.26. The lowest BCUT2D eigenvalue weighted by molar-refractivity contribution is 0.249. The molecular formula is C17H21N5O. The molecule has 1 saturated heterocycles. The molecule has 1 unspecified atom stereocenters. The lowest BCUT2D eigenvalue weighted by atomic mass is 10.1. The molecule has 0 bridgehead atoms. The molecule has 1 aliphatic carbocycles. The Morgan fingerprint density at radius 2 is 2.09 bits per heavy atom. The van der Waals surface area contributed by atoms with Gasteiger partial charge in [0.05, 0.1) is 12.3 Å². The fourth-order valence-corrected chi connectivity index (χ4v) is 3.00. The zero-order chi connectivity index (χ0) is 15.6. The third-order valence-electron chi connectivity index (χ3n) is 4.49. The predicted octanol–water partition coefficient (Wildman–Crippen LogP) is 2.36. The van der Waals surface area contributed by atoms with Crippen molar-refractivity contribution in [1.29, 1.82) is 0 Å². The Kier molecular flexibility index (Phi) is 3.81. The summed E-state index contributed by atoms with van der Waals surface area (Å²) in [5.74, 6) is 3.58. The normalized spacial score (nSPS) is 20.7. The molecule has 1 saturated carbocycles. The van der Waals surface area contributed by atoms with Gasteiger partial charge in [0, 0.05) is 37.2 Å². The number of aryl methyl sites for hydroxylation is 1. The zero-order valence-electron chi connectivity index (χ0n) is 13.4. The molecule has 0 amide bonds. The van der Waals surface area contributed by atoms with Gasteiger partial charge in [-0.05, 0) is 38.3 Å². The molecule has 2 aromatic rings. The van der Waals surface area contributed by atoms with Crippen LogP contribution in [0, 0.1) is 12.8 Å². The number of rotatable bonds is 5. The highest BCUT2D eigenvalue weighted by molar-refractivity contribution is 5.38. The molecule has 2 aromatic heterocycles. The van der Waals surface area contributed by atoms with Crippen LogP contribution in [0.2, 0.25) is 0 Å². The van der Waals surface area contributed by atoms with E-state index in [0.29, 0.717) is 24.3 Å². The van der Waals surface area contributed by atoms with Crippen molar-refractivity contribution in [2.45, 2.75) is 32.1 Å². The summed E-state index contributed by atoms with van der Waals surface area (Å²) in [4.78, 5) is 10.9. The van der Waals surface area contributed by atoms with Crippen molar-refractivity contribution in [3.8, 4) is 5.88 Å². The minimum atomic E-state index is 0.496. The second kappa shape index (κ2) is 6.10. The van der Waals surface area contributed by atoms with E-state index in [9.17, 15) is 0 Å². The molecule has 1 aliphatic heterocycles. The lowest BCUT2D eigenvalue weighted by Gasteiger charge is -2.17. The van der Waals surface area contributed by atoms with Gasteiger partial charge in [0.15, 0.2) is 0 Å². The number of nitrogens with zero attached hydrogens (tertiary/aromatic N) is 5. The van der Waals surface area contributed by atoms with Crippen LogP contribution in [0.1, 0.15) is 36.7 Å². The maximum absolute atomic E-state index is 5.82. The smallest absolute Gasteiger partial charge is 0.233 e. The average molecular weight is 311 g/mol. The van der Waals surface area contributed by atoms with Gasteiger partial charge in [-0.25, -0.2) is 9.97 Å². The van der Waals surface area contributed by atoms with Crippen LogP contribution < -0.4 is 9.64 Å². The number of ether oxygens (including phenoxy) is 1. The molecular weight excluding hydrogens is 290 g/mol. The van der Waals surface area contributed by atoms with Crippen LogP contribution in [0.3, 0.4) is 0 Å². The Morgan fingerprint density at radius 1 is 1.17 bits per heavy atom. The summed E-state index contributed by atoms with van der Waals surface area (Å²) in [6.07, 6.45) is 5.42. The quantitative estimate of drug-likeness (QED) is 0.844. The topological polar surface area (TPSA) is 64.0 Å². The van der Waals surface area contributed by atoms with E-state index in [4.69, 9.17) is 4.74 Å². The van der Waals surface area contributed by atoms with E-state index in [1.807, 2.05) is 31.3 Å². The minimum Gasteiger partial charge on any atom is -0.476 e. The Balaban J connectivity index is 1.30. The van der Waals surface area contributed by atoms with E-state index < -0.39 is 0 Å². The first kappa shape index (κ1) is 14.4. The van der Waals surface area contributed by atoms with Gasteiger partial charge in [-0.1, -0.05) is 0 Å². The molecule has 4 rings (SSSR count). The van der Waals surface area contributed by atoms with Gasteiger partial charge < -0.3 is 9.64 Å². The maximum atomic E-state index is 5.82. The summed E-state index contributed by atoms with van der Waals surface area (Å²) in [6.45, 7) is 4.57. The zero-order valence-corrected chi connectivity index (χ0v) is 13.4. The van der Waals surface area contributed by atoms with Gasteiger partial charge in [0.25, 0.3) is 0 Å². The lowest BCUT2D eigenvalue weighted by Crippen LogP contribution is -2.23. The Labute approximate surface area is 135 Å². The monoisotopic (exact) mass is 311 g/mol. The largest absolute Gasteiger partial charge is 0.476 e. The first-order valence-electron chi connectivity index (χ1n) is 8.29. The van der Waals surface area contributed by atoms with Gasteiger partial charge in [0.2, 0.25) is 5.88 Å². The van der Waals surface area contributed by atoms with Gasteiger partial charge in [-0.2, -0.15) is 5.10 Å². The van der Waals surface area contributed by atoms with Crippen LogP contribution in [0.5, 0.6) is 5.88 Å². The Bertz CT molecular complexity index is 671. The maximum Gasteiger partial charge on any atom is 0.233 e. The third-order valence-corrected chi connectivity index (χ3v) is 4.49. The van der Waals surface area contributed by atoms with Crippen molar-refractivity contribution < 1.29 is 4.74 Å². The van der Waals surface area contributed by atoms with E-state index in [1.165, 1.54) is 12.8 Å². The van der Waals surface area contributed by atoms with Crippen LogP contribution in [0.25, 0.3) is 0 Å². The first-order valence-corrected chi connectivity index (χ1v) is 8.29. The van der Waals surface area contributed by atoms with Crippen LogP contribution >= 0.6 is 0 Å². The number of aromatic nitrogens is 4. The molecule has 0 aromatic carbocycles. The SMILES string of the molecule is Cc1nccc(N2CCC(COc3ccc(C4CC4)nn3)C2)n1. The second-order valence-corrected chi connectivity index (χ2v) is 6.44. The third kappa shape index (κ3) is 3.41. The van der Waals surface area contributed by atoms with Crippen molar-refractivity contribution in [2.75, 3.05) is 24.6 Å². The molecule has 0 radical (unpaired) electrons. The van der Waals surface area contributed by atoms with Crippen molar-refractivity contribution in [3.63, 3.8) is 0 Å². The standard InChI is InChI=1S/C17H21N5O/c1-12-18-8-6-16(19-12)22-9-7-13(10-22)11-23-17-5-4-15(20-21-17)14-2-3-14/h4-6,8,13-14H,2-3,7,9-11H2,1H3. The summed E-state index contributed by atoms with van der Waals surface area (Å²) in [6, 6.07) is 5.96. The van der Waals surface area contributed by atoms with E-state index in [2.05, 4.69) is 25.1 Å². The van der Waals surface area contributed by atoms with Crippen molar-refractivity contribution >= 4 is 5.82 Å². The highest BCUT2D eigenvalue weighted by atomic mass is 16.5. The van der Waals surface area contributed by atoms with Crippen LogP contribution in [0.4, 0.5) is 5.82 Å². The molecule has 120 valence electrons. The predicted molar refractivity (Wildman–Crippen MR) is 86.6 cm³/mol. The molecule has 2 fully saturated rings. The van der Waals surface area contributed by atoms with Gasteiger partial charge >= 0.3 is 0 Å². The molecule has 6 heteroatoms. The molecule has 6 nitrogen and oxygen atoms in total. The van der Waals surface area contributed by atoms with E-state index >= 15 is 0 Å². The summed E-state index contributed by atoms with van der Waals surface area (Å²) < 4.78 is 5.82. The first-order chi connectivity index (χ1) is 11.3. The Hall–Kier alpha value is -2.24. The molecule has 0 N–H and O–H groups in total. The number of hydrogen-bond acceptors (Lipinski definition) is 6. The van der Waals surface area contributed by atoms with Gasteiger partial charge in [0.1, 0.15) is 11.6 Å². The van der Waals surface area contributed by atoms with Crippen LogP contribution in [-0.2, 0) is 0 Å². The number of anilines is 1. The molecule has 2 aliphatic rings.